The highest BCUT2D eigenvalue weighted by Crippen LogP contribution is 2.28. The van der Waals surface area contributed by atoms with Crippen molar-refractivity contribution in [2.24, 2.45) is 0 Å². The average molecular weight is 400 g/mol. The number of terminal acetylenes is 1. The predicted molar refractivity (Wildman–Crippen MR) is 116 cm³/mol. The number of piperidine rings is 1. The van der Waals surface area contributed by atoms with Crippen LogP contribution in [0.1, 0.15) is 30.0 Å². The molecule has 0 amide bonds. The first-order chi connectivity index (χ1) is 14.7. The number of pyridine rings is 1. The molecule has 1 aliphatic rings. The summed E-state index contributed by atoms with van der Waals surface area (Å²) >= 11 is 0. The minimum atomic E-state index is -0.110. The number of rotatable bonds is 6. The summed E-state index contributed by atoms with van der Waals surface area (Å²) in [5.74, 6) is 4.16. The zero-order chi connectivity index (χ0) is 20.8. The van der Waals surface area contributed by atoms with E-state index >= 15 is 0 Å². The van der Waals surface area contributed by atoms with E-state index in [-0.39, 0.29) is 12.2 Å². The lowest BCUT2D eigenvalue weighted by Gasteiger charge is -2.31. The van der Waals surface area contributed by atoms with Crippen molar-refractivity contribution in [2.45, 2.75) is 25.3 Å². The maximum Gasteiger partial charge on any atom is 0.251 e. The average Bonchev–Trinajstić information content (AvgIpc) is 2.79. The first kappa shape index (κ1) is 19.9. The molecule has 1 aromatic carbocycles. The van der Waals surface area contributed by atoms with E-state index in [9.17, 15) is 4.79 Å². The zero-order valence-electron chi connectivity index (χ0n) is 16.8. The minimum Gasteiger partial charge on any atom is -0.481 e. The molecule has 4 rings (SSSR count). The largest absolute Gasteiger partial charge is 0.481 e. The standard InChI is InChI=1S/C24H24N4O2/c1-2-15-30-21-5-3-18(4-6-21)17-28-13-9-19(10-14-28)22-16-23(29)27-24(26-22)20-7-11-25-12-8-20/h1,3-8,11-12,16,19H,9-10,13-15,17H2,(H,26,27,29). The van der Waals surface area contributed by atoms with E-state index in [1.165, 1.54) is 5.56 Å². The third-order valence-corrected chi connectivity index (χ3v) is 5.37. The maximum absolute atomic E-state index is 12.2. The van der Waals surface area contributed by atoms with Crippen molar-refractivity contribution in [1.29, 1.82) is 0 Å². The van der Waals surface area contributed by atoms with Crippen molar-refractivity contribution < 1.29 is 4.74 Å². The molecule has 0 unspecified atom stereocenters. The Hall–Kier alpha value is -3.43. The number of aromatic nitrogens is 3. The molecule has 152 valence electrons. The van der Waals surface area contributed by atoms with E-state index in [1.54, 1.807) is 18.5 Å². The van der Waals surface area contributed by atoms with Gasteiger partial charge in [-0.05, 0) is 55.8 Å². The zero-order valence-corrected chi connectivity index (χ0v) is 16.8. The van der Waals surface area contributed by atoms with Crippen LogP contribution in [0.3, 0.4) is 0 Å². The molecule has 0 radical (unpaired) electrons. The summed E-state index contributed by atoms with van der Waals surface area (Å²) in [6.45, 7) is 3.12. The van der Waals surface area contributed by atoms with Gasteiger partial charge < -0.3 is 9.72 Å². The lowest BCUT2D eigenvalue weighted by atomic mass is 9.93. The third kappa shape index (κ3) is 4.94. The molecule has 0 atom stereocenters. The molecule has 0 spiro atoms. The van der Waals surface area contributed by atoms with Crippen LogP contribution in [0.5, 0.6) is 5.75 Å². The van der Waals surface area contributed by atoms with E-state index in [1.807, 2.05) is 24.3 Å². The van der Waals surface area contributed by atoms with E-state index in [2.05, 4.69) is 32.9 Å². The SMILES string of the molecule is C#CCOc1ccc(CN2CCC(c3cc(=O)[nH]c(-c4ccncc4)n3)CC2)cc1. The van der Waals surface area contributed by atoms with Crippen LogP contribution in [0.4, 0.5) is 0 Å². The second kappa shape index (κ2) is 9.38. The summed E-state index contributed by atoms with van der Waals surface area (Å²) in [5, 5.41) is 0. The van der Waals surface area contributed by atoms with Crippen LogP contribution in [0.25, 0.3) is 11.4 Å². The van der Waals surface area contributed by atoms with E-state index < -0.39 is 0 Å². The third-order valence-electron chi connectivity index (χ3n) is 5.37. The predicted octanol–water partition coefficient (Wildman–Crippen LogP) is 3.22. The number of hydrogen-bond donors (Lipinski definition) is 1. The smallest absolute Gasteiger partial charge is 0.251 e. The molecule has 3 aromatic rings. The molecule has 1 N–H and O–H groups in total. The van der Waals surface area contributed by atoms with Crippen LogP contribution in [0.2, 0.25) is 0 Å². The molecule has 30 heavy (non-hydrogen) atoms. The summed E-state index contributed by atoms with van der Waals surface area (Å²) in [4.78, 5) is 26.2. The van der Waals surface area contributed by atoms with Gasteiger partial charge in [0.1, 0.15) is 18.2 Å². The fraction of sp³-hybridized carbons (Fsp3) is 0.292. The van der Waals surface area contributed by atoms with Crippen molar-refractivity contribution >= 4 is 0 Å². The van der Waals surface area contributed by atoms with Crippen molar-refractivity contribution in [1.82, 2.24) is 19.9 Å². The van der Waals surface area contributed by atoms with Crippen molar-refractivity contribution in [3.05, 3.63) is 76.5 Å². The maximum atomic E-state index is 12.2. The number of aromatic amines is 1. The molecule has 2 aromatic heterocycles. The summed E-state index contributed by atoms with van der Waals surface area (Å²) in [6, 6.07) is 13.4. The van der Waals surface area contributed by atoms with E-state index in [4.69, 9.17) is 16.1 Å². The van der Waals surface area contributed by atoms with E-state index in [0.717, 1.165) is 49.5 Å². The number of benzene rings is 1. The Morgan fingerprint density at radius 1 is 1.13 bits per heavy atom. The fourth-order valence-corrected chi connectivity index (χ4v) is 3.79. The first-order valence-corrected chi connectivity index (χ1v) is 10.1. The van der Waals surface area contributed by atoms with Gasteiger partial charge in [-0.1, -0.05) is 18.1 Å². The van der Waals surface area contributed by atoms with Crippen LogP contribution in [-0.2, 0) is 6.54 Å². The Morgan fingerprint density at radius 3 is 2.57 bits per heavy atom. The highest BCUT2D eigenvalue weighted by Gasteiger charge is 2.22. The summed E-state index contributed by atoms with van der Waals surface area (Å²) in [6.07, 6.45) is 10.6. The molecule has 6 heteroatoms. The molecule has 1 saturated heterocycles. The number of nitrogens with zero attached hydrogens (tertiary/aromatic N) is 3. The molecular formula is C24H24N4O2. The van der Waals surface area contributed by atoms with Crippen molar-refractivity contribution in [3.8, 4) is 29.5 Å². The van der Waals surface area contributed by atoms with Gasteiger partial charge >= 0.3 is 0 Å². The fourth-order valence-electron chi connectivity index (χ4n) is 3.79. The van der Waals surface area contributed by atoms with Gasteiger partial charge in [0.15, 0.2) is 0 Å². The van der Waals surface area contributed by atoms with Gasteiger partial charge in [0.25, 0.3) is 5.56 Å². The lowest BCUT2D eigenvalue weighted by molar-refractivity contribution is 0.203. The monoisotopic (exact) mass is 400 g/mol. The number of H-pyrrole nitrogens is 1. The Balaban J connectivity index is 1.37. The van der Waals surface area contributed by atoms with Crippen LogP contribution in [-0.4, -0.2) is 39.5 Å². The Kier molecular flexibility index (Phi) is 6.21. The van der Waals surface area contributed by atoms with Gasteiger partial charge in [-0.3, -0.25) is 14.7 Å². The molecule has 1 fully saturated rings. The molecule has 0 aliphatic carbocycles. The molecular weight excluding hydrogens is 376 g/mol. The van der Waals surface area contributed by atoms with Crippen LogP contribution in [0, 0.1) is 12.3 Å². The Bertz CT molecular complexity index is 1060. The van der Waals surface area contributed by atoms with Gasteiger partial charge in [-0.25, -0.2) is 4.98 Å². The molecule has 6 nitrogen and oxygen atoms in total. The van der Waals surface area contributed by atoms with E-state index in [0.29, 0.717) is 11.7 Å². The quantitative estimate of drug-likeness (QED) is 0.644. The lowest BCUT2D eigenvalue weighted by Crippen LogP contribution is -2.33. The number of likely N-dealkylation sites (tertiary alicyclic amines) is 1. The van der Waals surface area contributed by atoms with Gasteiger partial charge in [0.2, 0.25) is 0 Å². The normalized spacial score (nSPS) is 14.9. The Morgan fingerprint density at radius 2 is 1.87 bits per heavy atom. The number of ether oxygens (including phenoxy) is 1. The highest BCUT2D eigenvalue weighted by molar-refractivity contribution is 5.53. The van der Waals surface area contributed by atoms with Crippen molar-refractivity contribution in [3.63, 3.8) is 0 Å². The van der Waals surface area contributed by atoms with Gasteiger partial charge in [-0.2, -0.15) is 0 Å². The second-order valence-corrected chi connectivity index (χ2v) is 7.44. The van der Waals surface area contributed by atoms with Gasteiger partial charge in [0.05, 0.1) is 5.69 Å². The van der Waals surface area contributed by atoms with Crippen LogP contribution >= 0.6 is 0 Å². The topological polar surface area (TPSA) is 71.1 Å². The van der Waals surface area contributed by atoms with Crippen LogP contribution in [0.15, 0.2) is 59.7 Å². The molecule has 3 heterocycles. The summed E-state index contributed by atoms with van der Waals surface area (Å²) in [7, 11) is 0. The number of hydrogen-bond acceptors (Lipinski definition) is 5. The molecule has 1 aliphatic heterocycles. The molecule has 0 saturated carbocycles. The van der Waals surface area contributed by atoms with Gasteiger partial charge in [0, 0.05) is 36.5 Å². The summed E-state index contributed by atoms with van der Waals surface area (Å²) < 4.78 is 5.43. The number of nitrogens with one attached hydrogen (secondary N) is 1. The van der Waals surface area contributed by atoms with Crippen LogP contribution < -0.4 is 10.3 Å². The first-order valence-electron chi connectivity index (χ1n) is 10.1. The summed E-state index contributed by atoms with van der Waals surface area (Å²) in [5.41, 5.74) is 2.88. The van der Waals surface area contributed by atoms with Gasteiger partial charge in [-0.15, -0.1) is 6.42 Å². The highest BCUT2D eigenvalue weighted by atomic mass is 16.5. The Labute approximate surface area is 176 Å². The molecule has 0 bridgehead atoms. The minimum absolute atomic E-state index is 0.110. The second-order valence-electron chi connectivity index (χ2n) is 7.44. The van der Waals surface area contributed by atoms with Crippen molar-refractivity contribution in [2.75, 3.05) is 19.7 Å².